The number of hydrogen-bond donors (Lipinski definition) is 2. The Hall–Kier alpha value is -2.67. The third-order valence-electron chi connectivity index (χ3n) is 4.47. The van der Waals surface area contributed by atoms with E-state index in [1.54, 1.807) is 12.1 Å². The van der Waals surface area contributed by atoms with Crippen LogP contribution in [-0.4, -0.2) is 26.7 Å². The third kappa shape index (κ3) is 4.74. The fourth-order valence-corrected chi connectivity index (χ4v) is 4.20. The average molecular weight is 385 g/mol. The van der Waals surface area contributed by atoms with Gasteiger partial charge in [-0.3, -0.25) is 14.5 Å². The molecule has 1 atom stereocenters. The van der Waals surface area contributed by atoms with Gasteiger partial charge >= 0.3 is 0 Å². The molecule has 1 aliphatic rings. The molecule has 0 radical (unpaired) electrons. The van der Waals surface area contributed by atoms with Crippen LogP contribution in [0.25, 0.3) is 0 Å². The summed E-state index contributed by atoms with van der Waals surface area (Å²) in [6.45, 7) is 2.59. The number of aliphatic imine (C=N–C) groups is 1. The first-order chi connectivity index (χ1) is 13.0. The Morgan fingerprint density at radius 1 is 1.15 bits per heavy atom. The van der Waals surface area contributed by atoms with E-state index in [9.17, 15) is 13.2 Å². The quantitative estimate of drug-likeness (QED) is 0.800. The molecule has 1 unspecified atom stereocenters. The van der Waals surface area contributed by atoms with Crippen molar-refractivity contribution in [2.24, 2.45) is 4.99 Å². The summed E-state index contributed by atoms with van der Waals surface area (Å²) in [5, 5.41) is 2.84. The Kier molecular flexibility index (Phi) is 5.91. The molecular formula is C20H23N3O3S. The van der Waals surface area contributed by atoms with Crippen molar-refractivity contribution in [1.82, 2.24) is 4.72 Å². The molecule has 27 heavy (non-hydrogen) atoms. The van der Waals surface area contributed by atoms with Gasteiger partial charge in [-0.05, 0) is 36.6 Å². The van der Waals surface area contributed by atoms with Crippen LogP contribution in [0.2, 0.25) is 0 Å². The lowest BCUT2D eigenvalue weighted by Gasteiger charge is -2.16. The summed E-state index contributed by atoms with van der Waals surface area (Å²) < 4.78 is 27.6. The maximum atomic E-state index is 12.7. The first-order valence-corrected chi connectivity index (χ1v) is 10.5. The van der Waals surface area contributed by atoms with Gasteiger partial charge in [0.2, 0.25) is 5.91 Å². The van der Waals surface area contributed by atoms with Crippen molar-refractivity contribution in [3.63, 3.8) is 0 Å². The molecule has 0 aromatic heterocycles. The Balaban J connectivity index is 1.76. The van der Waals surface area contributed by atoms with Crippen LogP contribution in [0.1, 0.15) is 37.7 Å². The van der Waals surface area contributed by atoms with E-state index in [0.717, 1.165) is 12.0 Å². The Bertz CT molecular complexity index is 940. The van der Waals surface area contributed by atoms with E-state index in [0.29, 0.717) is 30.9 Å². The molecule has 142 valence electrons. The standard InChI is InChI=1S/C20H23N3O3S/c1-2-18(15-8-4-3-5-9-15)20(24)22-16-10-6-11-17(14-16)27(25,26)23-19-12-7-13-21-19/h3-6,8-11,14,18H,2,7,12-13H2,1H3,(H,21,23)(H,22,24). The second-order valence-corrected chi connectivity index (χ2v) is 8.11. The van der Waals surface area contributed by atoms with Gasteiger partial charge in [-0.25, -0.2) is 8.42 Å². The van der Waals surface area contributed by atoms with Crippen LogP contribution in [0.15, 0.2) is 64.5 Å². The maximum Gasteiger partial charge on any atom is 0.262 e. The molecular weight excluding hydrogens is 362 g/mol. The molecule has 0 saturated carbocycles. The van der Waals surface area contributed by atoms with Crippen LogP contribution < -0.4 is 10.0 Å². The van der Waals surface area contributed by atoms with E-state index < -0.39 is 10.0 Å². The number of amides is 1. The van der Waals surface area contributed by atoms with Crippen molar-refractivity contribution in [3.05, 3.63) is 60.2 Å². The topological polar surface area (TPSA) is 87.6 Å². The van der Waals surface area contributed by atoms with Crippen LogP contribution in [-0.2, 0) is 14.8 Å². The first-order valence-electron chi connectivity index (χ1n) is 9.01. The van der Waals surface area contributed by atoms with E-state index in [4.69, 9.17) is 0 Å². The highest BCUT2D eigenvalue weighted by Gasteiger charge is 2.21. The van der Waals surface area contributed by atoms with E-state index in [1.807, 2.05) is 37.3 Å². The zero-order valence-electron chi connectivity index (χ0n) is 15.2. The number of anilines is 1. The summed E-state index contributed by atoms with van der Waals surface area (Å²) in [5.74, 6) is 0.0309. The molecule has 3 rings (SSSR count). The predicted molar refractivity (Wildman–Crippen MR) is 106 cm³/mol. The summed E-state index contributed by atoms with van der Waals surface area (Å²) in [7, 11) is -3.71. The predicted octanol–water partition coefficient (Wildman–Crippen LogP) is 3.29. The van der Waals surface area contributed by atoms with Crippen molar-refractivity contribution < 1.29 is 13.2 Å². The summed E-state index contributed by atoms with van der Waals surface area (Å²) in [4.78, 5) is 16.9. The Labute approximate surface area is 159 Å². The Morgan fingerprint density at radius 2 is 1.93 bits per heavy atom. The molecule has 7 heteroatoms. The minimum Gasteiger partial charge on any atom is -0.326 e. The van der Waals surface area contributed by atoms with E-state index in [1.165, 1.54) is 12.1 Å². The highest BCUT2D eigenvalue weighted by molar-refractivity contribution is 7.90. The number of benzene rings is 2. The second-order valence-electron chi connectivity index (χ2n) is 6.43. The van der Waals surface area contributed by atoms with E-state index in [2.05, 4.69) is 15.0 Å². The number of amidine groups is 1. The molecule has 0 aliphatic carbocycles. The SMILES string of the molecule is CCC(C(=O)Nc1cccc(S(=O)(=O)NC2=NCCC2)c1)c1ccccc1. The molecule has 1 aliphatic heterocycles. The maximum absolute atomic E-state index is 12.7. The molecule has 1 heterocycles. The van der Waals surface area contributed by atoms with Gasteiger partial charge in [0.05, 0.1) is 10.8 Å². The molecule has 2 aromatic carbocycles. The molecule has 0 spiro atoms. The van der Waals surface area contributed by atoms with Crippen LogP contribution in [0.5, 0.6) is 0 Å². The Morgan fingerprint density at radius 3 is 2.59 bits per heavy atom. The number of rotatable bonds is 6. The normalized spacial score (nSPS) is 15.1. The lowest BCUT2D eigenvalue weighted by molar-refractivity contribution is -0.117. The van der Waals surface area contributed by atoms with Crippen molar-refractivity contribution in [3.8, 4) is 0 Å². The van der Waals surface area contributed by atoms with Gasteiger partial charge in [0.1, 0.15) is 5.84 Å². The molecule has 2 N–H and O–H groups in total. The largest absolute Gasteiger partial charge is 0.326 e. The first kappa shape index (κ1) is 19.1. The van der Waals surface area contributed by atoms with Gasteiger partial charge in [-0.15, -0.1) is 0 Å². The molecule has 0 fully saturated rings. The molecule has 0 bridgehead atoms. The number of hydrogen-bond acceptors (Lipinski definition) is 4. The minimum absolute atomic E-state index is 0.0997. The number of carbonyl (C=O) groups is 1. The van der Waals surface area contributed by atoms with Gasteiger partial charge < -0.3 is 5.32 Å². The molecule has 1 amide bonds. The van der Waals surface area contributed by atoms with Gasteiger partial charge in [0.25, 0.3) is 10.0 Å². The fraction of sp³-hybridized carbons (Fsp3) is 0.300. The average Bonchev–Trinajstić information content (AvgIpc) is 3.16. The summed E-state index contributed by atoms with van der Waals surface area (Å²) in [6.07, 6.45) is 2.13. The van der Waals surface area contributed by atoms with Crippen LogP contribution >= 0.6 is 0 Å². The number of carbonyl (C=O) groups excluding carboxylic acids is 1. The van der Waals surface area contributed by atoms with Crippen molar-refractivity contribution in [1.29, 1.82) is 0 Å². The highest BCUT2D eigenvalue weighted by Crippen LogP contribution is 2.23. The monoisotopic (exact) mass is 385 g/mol. The summed E-state index contributed by atoms with van der Waals surface area (Å²) in [5.41, 5.74) is 1.38. The summed E-state index contributed by atoms with van der Waals surface area (Å²) >= 11 is 0. The van der Waals surface area contributed by atoms with Crippen molar-refractivity contribution >= 4 is 27.5 Å². The van der Waals surface area contributed by atoms with Crippen molar-refractivity contribution in [2.75, 3.05) is 11.9 Å². The van der Waals surface area contributed by atoms with Crippen LogP contribution in [0.3, 0.4) is 0 Å². The van der Waals surface area contributed by atoms with E-state index in [-0.39, 0.29) is 16.7 Å². The van der Waals surface area contributed by atoms with Gasteiger partial charge in [-0.2, -0.15) is 0 Å². The van der Waals surface area contributed by atoms with E-state index >= 15 is 0 Å². The number of sulfonamides is 1. The molecule has 0 saturated heterocycles. The highest BCUT2D eigenvalue weighted by atomic mass is 32.2. The second kappa shape index (κ2) is 8.35. The lowest BCUT2D eigenvalue weighted by atomic mass is 9.95. The zero-order chi connectivity index (χ0) is 19.3. The van der Waals surface area contributed by atoms with Crippen LogP contribution in [0, 0.1) is 0 Å². The fourth-order valence-electron chi connectivity index (χ4n) is 3.07. The van der Waals surface area contributed by atoms with Crippen LogP contribution in [0.4, 0.5) is 5.69 Å². The van der Waals surface area contributed by atoms with Gasteiger partial charge in [0.15, 0.2) is 0 Å². The lowest BCUT2D eigenvalue weighted by Crippen LogP contribution is -2.29. The smallest absolute Gasteiger partial charge is 0.262 e. The zero-order valence-corrected chi connectivity index (χ0v) is 16.0. The number of nitrogens with one attached hydrogen (secondary N) is 2. The number of nitrogens with zero attached hydrogens (tertiary/aromatic N) is 1. The van der Waals surface area contributed by atoms with Gasteiger partial charge in [-0.1, -0.05) is 43.3 Å². The van der Waals surface area contributed by atoms with Gasteiger partial charge in [0, 0.05) is 18.7 Å². The molecule has 6 nitrogen and oxygen atoms in total. The minimum atomic E-state index is -3.71. The van der Waals surface area contributed by atoms with Crippen molar-refractivity contribution in [2.45, 2.75) is 37.0 Å². The third-order valence-corrected chi connectivity index (χ3v) is 5.84. The molecule has 2 aromatic rings. The summed E-state index contributed by atoms with van der Waals surface area (Å²) in [6, 6.07) is 15.8.